The highest BCUT2D eigenvalue weighted by Crippen LogP contribution is 2.22. The van der Waals surface area contributed by atoms with E-state index >= 15 is 0 Å². The number of esters is 1. The van der Waals surface area contributed by atoms with Crippen LogP contribution in [0.5, 0.6) is 0 Å². The van der Waals surface area contributed by atoms with E-state index in [1.807, 2.05) is 42.5 Å². The van der Waals surface area contributed by atoms with E-state index in [4.69, 9.17) is 4.74 Å². The normalized spacial score (nSPS) is 11.7. The predicted octanol–water partition coefficient (Wildman–Crippen LogP) is 4.88. The number of rotatable bonds is 6. The van der Waals surface area contributed by atoms with Crippen LogP contribution in [0, 0.1) is 11.6 Å². The number of fused-ring (bicyclic) bond motifs is 1. The number of carbonyl (C=O) groups is 2. The average molecular weight is 467 g/mol. The van der Waals surface area contributed by atoms with Gasteiger partial charge in [-0.15, -0.1) is 0 Å². The van der Waals surface area contributed by atoms with Crippen LogP contribution >= 0.6 is 11.3 Å². The zero-order chi connectivity index (χ0) is 23.4. The standard InChI is InChI=1S/C25H20F2N2O3S/c1-2-32-22(30)15-29-23-20(27)13-19(26)14-21(23)33-25(29)28-24(31)18-10-8-17(9-11-18)12-16-6-4-3-5-7-16/h3-11,13-14H,2,12,15H2,1H3. The number of amides is 1. The summed E-state index contributed by atoms with van der Waals surface area (Å²) in [6.45, 7) is 1.46. The Morgan fingerprint density at radius 1 is 1.00 bits per heavy atom. The number of benzene rings is 3. The Morgan fingerprint density at radius 2 is 1.70 bits per heavy atom. The van der Waals surface area contributed by atoms with Crippen LogP contribution in [-0.4, -0.2) is 23.1 Å². The van der Waals surface area contributed by atoms with Crippen molar-refractivity contribution in [1.82, 2.24) is 4.57 Å². The number of ether oxygens (including phenoxy) is 1. The lowest BCUT2D eigenvalue weighted by Gasteiger charge is -2.06. The molecule has 0 saturated carbocycles. The second-order valence-corrected chi connectivity index (χ2v) is 8.30. The van der Waals surface area contributed by atoms with E-state index in [1.54, 1.807) is 19.1 Å². The largest absolute Gasteiger partial charge is 0.465 e. The molecule has 0 spiro atoms. The summed E-state index contributed by atoms with van der Waals surface area (Å²) in [5.74, 6) is -2.76. The minimum Gasteiger partial charge on any atom is -0.465 e. The summed E-state index contributed by atoms with van der Waals surface area (Å²) in [5, 5.41) is 0. The lowest BCUT2D eigenvalue weighted by Crippen LogP contribution is -2.23. The summed E-state index contributed by atoms with van der Waals surface area (Å²) in [6, 6.07) is 18.9. The van der Waals surface area contributed by atoms with Crippen LogP contribution in [0.2, 0.25) is 0 Å². The minimum atomic E-state index is -0.843. The maximum absolute atomic E-state index is 14.5. The van der Waals surface area contributed by atoms with Crippen LogP contribution in [-0.2, 0) is 22.5 Å². The van der Waals surface area contributed by atoms with Crippen molar-refractivity contribution in [2.24, 2.45) is 4.99 Å². The zero-order valence-electron chi connectivity index (χ0n) is 17.8. The second-order valence-electron chi connectivity index (χ2n) is 7.29. The van der Waals surface area contributed by atoms with Gasteiger partial charge in [0.1, 0.15) is 12.4 Å². The highest BCUT2D eigenvalue weighted by molar-refractivity contribution is 7.16. The van der Waals surface area contributed by atoms with Gasteiger partial charge in [0.2, 0.25) is 0 Å². The van der Waals surface area contributed by atoms with Gasteiger partial charge in [0.15, 0.2) is 10.6 Å². The number of aromatic nitrogens is 1. The van der Waals surface area contributed by atoms with Gasteiger partial charge >= 0.3 is 5.97 Å². The number of nitrogens with zero attached hydrogens (tertiary/aromatic N) is 2. The molecule has 168 valence electrons. The van der Waals surface area contributed by atoms with Gasteiger partial charge < -0.3 is 9.30 Å². The first-order valence-electron chi connectivity index (χ1n) is 10.3. The molecule has 5 nitrogen and oxygen atoms in total. The molecule has 0 unspecified atom stereocenters. The molecule has 0 bridgehead atoms. The minimum absolute atomic E-state index is 0.000730. The van der Waals surface area contributed by atoms with E-state index in [9.17, 15) is 18.4 Å². The average Bonchev–Trinajstić information content (AvgIpc) is 3.11. The zero-order valence-corrected chi connectivity index (χ0v) is 18.6. The molecule has 0 saturated heterocycles. The van der Waals surface area contributed by atoms with E-state index in [0.717, 1.165) is 41.0 Å². The molecule has 1 amide bonds. The van der Waals surface area contributed by atoms with Crippen molar-refractivity contribution in [1.29, 1.82) is 0 Å². The van der Waals surface area contributed by atoms with Gasteiger partial charge in [-0.25, -0.2) is 8.78 Å². The third kappa shape index (κ3) is 5.23. The van der Waals surface area contributed by atoms with Crippen molar-refractivity contribution in [3.63, 3.8) is 0 Å². The number of hydrogen-bond donors (Lipinski definition) is 0. The predicted molar refractivity (Wildman–Crippen MR) is 122 cm³/mol. The number of halogens is 2. The molecule has 3 aromatic carbocycles. The molecule has 1 heterocycles. The van der Waals surface area contributed by atoms with Gasteiger partial charge in [0.05, 0.1) is 16.8 Å². The molecule has 8 heteroatoms. The Bertz CT molecular complexity index is 1380. The maximum Gasteiger partial charge on any atom is 0.326 e. The molecule has 0 atom stereocenters. The third-order valence-corrected chi connectivity index (χ3v) is 5.96. The summed E-state index contributed by atoms with van der Waals surface area (Å²) in [4.78, 5) is 29.1. The first-order chi connectivity index (χ1) is 15.9. The van der Waals surface area contributed by atoms with Crippen molar-refractivity contribution in [3.05, 3.63) is 99.9 Å². The molecule has 0 fully saturated rings. The lowest BCUT2D eigenvalue weighted by molar-refractivity contribution is -0.143. The summed E-state index contributed by atoms with van der Waals surface area (Å²) < 4.78 is 34.7. The van der Waals surface area contributed by atoms with Crippen molar-refractivity contribution in [3.8, 4) is 0 Å². The number of hydrogen-bond acceptors (Lipinski definition) is 4. The molecular weight excluding hydrogens is 446 g/mol. The molecule has 0 N–H and O–H groups in total. The van der Waals surface area contributed by atoms with Crippen LogP contribution in [0.15, 0.2) is 71.7 Å². The van der Waals surface area contributed by atoms with Gasteiger partial charge in [-0.1, -0.05) is 53.8 Å². The second kappa shape index (κ2) is 9.87. The van der Waals surface area contributed by atoms with Crippen LogP contribution < -0.4 is 4.80 Å². The van der Waals surface area contributed by atoms with E-state index in [1.165, 1.54) is 4.57 Å². The Morgan fingerprint density at radius 3 is 2.39 bits per heavy atom. The topological polar surface area (TPSA) is 60.7 Å². The van der Waals surface area contributed by atoms with E-state index in [-0.39, 0.29) is 28.2 Å². The monoisotopic (exact) mass is 466 g/mol. The Labute approximate surface area is 192 Å². The molecular formula is C25H20F2N2O3S. The number of carbonyl (C=O) groups excluding carboxylic acids is 2. The molecule has 1 aromatic heterocycles. The molecule has 0 radical (unpaired) electrons. The Balaban J connectivity index is 1.68. The van der Waals surface area contributed by atoms with Gasteiger partial charge in [0.25, 0.3) is 5.91 Å². The fraction of sp³-hybridized carbons (Fsp3) is 0.160. The van der Waals surface area contributed by atoms with E-state index in [0.29, 0.717) is 5.56 Å². The first kappa shape index (κ1) is 22.5. The lowest BCUT2D eigenvalue weighted by atomic mass is 10.0. The molecule has 33 heavy (non-hydrogen) atoms. The quantitative estimate of drug-likeness (QED) is 0.381. The molecule has 0 aliphatic rings. The first-order valence-corrected chi connectivity index (χ1v) is 11.1. The van der Waals surface area contributed by atoms with Crippen molar-refractivity contribution >= 4 is 33.4 Å². The fourth-order valence-corrected chi connectivity index (χ4v) is 4.51. The van der Waals surface area contributed by atoms with Crippen LogP contribution in [0.3, 0.4) is 0 Å². The SMILES string of the molecule is CCOC(=O)Cn1c(=NC(=O)c2ccc(Cc3ccccc3)cc2)sc2cc(F)cc(F)c21. The molecule has 0 aliphatic carbocycles. The number of thiazole rings is 1. The Hall–Kier alpha value is -3.65. The highest BCUT2D eigenvalue weighted by Gasteiger charge is 2.17. The summed E-state index contributed by atoms with van der Waals surface area (Å²) in [7, 11) is 0. The van der Waals surface area contributed by atoms with Gasteiger partial charge in [-0.05, 0) is 42.7 Å². The van der Waals surface area contributed by atoms with E-state index in [2.05, 4.69) is 4.99 Å². The van der Waals surface area contributed by atoms with Crippen LogP contribution in [0.4, 0.5) is 8.78 Å². The van der Waals surface area contributed by atoms with Crippen LogP contribution in [0.25, 0.3) is 10.2 Å². The Kier molecular flexibility index (Phi) is 6.74. The maximum atomic E-state index is 14.5. The summed E-state index contributed by atoms with van der Waals surface area (Å²) >= 11 is 0.928. The van der Waals surface area contributed by atoms with Gasteiger partial charge in [-0.3, -0.25) is 9.59 Å². The van der Waals surface area contributed by atoms with Gasteiger partial charge in [-0.2, -0.15) is 4.99 Å². The molecule has 4 rings (SSSR count). The third-order valence-electron chi connectivity index (χ3n) is 4.94. The summed E-state index contributed by atoms with van der Waals surface area (Å²) in [6.07, 6.45) is 0.729. The van der Waals surface area contributed by atoms with Crippen LogP contribution in [0.1, 0.15) is 28.4 Å². The van der Waals surface area contributed by atoms with E-state index < -0.39 is 23.5 Å². The smallest absolute Gasteiger partial charge is 0.326 e. The van der Waals surface area contributed by atoms with Crippen molar-refractivity contribution in [2.75, 3.05) is 6.61 Å². The summed E-state index contributed by atoms with van der Waals surface area (Å²) in [5.41, 5.74) is 2.54. The van der Waals surface area contributed by atoms with Crippen molar-refractivity contribution < 1.29 is 23.1 Å². The fourth-order valence-electron chi connectivity index (χ4n) is 3.44. The van der Waals surface area contributed by atoms with Gasteiger partial charge in [0, 0.05) is 11.6 Å². The van der Waals surface area contributed by atoms with Crippen molar-refractivity contribution in [2.45, 2.75) is 19.9 Å². The highest BCUT2D eigenvalue weighted by atomic mass is 32.1. The molecule has 4 aromatic rings. The molecule has 0 aliphatic heterocycles.